The Morgan fingerprint density at radius 2 is 2.06 bits per heavy atom. The van der Waals surface area contributed by atoms with Crippen molar-refractivity contribution in [2.75, 3.05) is 0 Å². The lowest BCUT2D eigenvalue weighted by atomic mass is 10.0. The minimum absolute atomic E-state index is 0.315. The first-order valence-electron chi connectivity index (χ1n) is 6.03. The van der Waals surface area contributed by atoms with E-state index >= 15 is 0 Å². The quantitative estimate of drug-likeness (QED) is 0.573. The van der Waals surface area contributed by atoms with Gasteiger partial charge in [-0.25, -0.2) is 0 Å². The maximum atomic E-state index is 5.55. The number of aromatic nitrogens is 2. The van der Waals surface area contributed by atoms with Crippen molar-refractivity contribution in [3.05, 3.63) is 18.0 Å². The predicted octanol–water partition coefficient (Wildman–Crippen LogP) is 1.88. The summed E-state index contributed by atoms with van der Waals surface area (Å²) in [4.78, 5) is 0. The topological polar surface area (TPSA) is 55.9 Å². The molecule has 0 bridgehead atoms. The molecule has 1 rings (SSSR count). The molecule has 0 radical (unpaired) electrons. The van der Waals surface area contributed by atoms with Crippen LogP contribution in [0.1, 0.15) is 45.9 Å². The molecule has 0 spiro atoms. The smallest absolute Gasteiger partial charge is 0.0640 e. The van der Waals surface area contributed by atoms with Gasteiger partial charge in [0.2, 0.25) is 0 Å². The molecule has 4 nitrogen and oxygen atoms in total. The van der Waals surface area contributed by atoms with Crippen molar-refractivity contribution in [3.63, 3.8) is 0 Å². The van der Waals surface area contributed by atoms with Gasteiger partial charge in [-0.1, -0.05) is 13.8 Å². The Hall–Kier alpha value is -0.870. The normalized spacial score (nSPS) is 13.7. The van der Waals surface area contributed by atoms with Crippen molar-refractivity contribution >= 4 is 0 Å². The van der Waals surface area contributed by atoms with Crippen LogP contribution in [-0.4, -0.2) is 15.8 Å². The summed E-state index contributed by atoms with van der Waals surface area (Å²) >= 11 is 0. The average molecular weight is 224 g/mol. The van der Waals surface area contributed by atoms with Gasteiger partial charge >= 0.3 is 0 Å². The van der Waals surface area contributed by atoms with Crippen molar-refractivity contribution in [2.45, 2.75) is 52.6 Å². The maximum absolute atomic E-state index is 5.55. The van der Waals surface area contributed by atoms with Crippen LogP contribution in [-0.2, 0) is 6.42 Å². The molecule has 0 fully saturated rings. The molecule has 1 heterocycles. The molecule has 0 aliphatic heterocycles. The van der Waals surface area contributed by atoms with Crippen LogP contribution in [0.25, 0.3) is 0 Å². The van der Waals surface area contributed by atoms with E-state index in [-0.39, 0.29) is 0 Å². The lowest BCUT2D eigenvalue weighted by Gasteiger charge is -2.16. The Balaban J connectivity index is 2.56. The van der Waals surface area contributed by atoms with Gasteiger partial charge < -0.3 is 0 Å². The molecule has 3 N–H and O–H groups in total. The summed E-state index contributed by atoms with van der Waals surface area (Å²) in [5.41, 5.74) is 3.98. The SMILES string of the molecule is CC(C)CC(Cc1ccn(C(C)C)n1)NN. The Kier molecular flexibility index (Phi) is 4.96. The summed E-state index contributed by atoms with van der Waals surface area (Å²) in [6, 6.07) is 2.81. The first-order chi connectivity index (χ1) is 7.52. The molecule has 16 heavy (non-hydrogen) atoms. The highest BCUT2D eigenvalue weighted by Crippen LogP contribution is 2.10. The molecule has 0 aliphatic rings. The minimum atomic E-state index is 0.315. The van der Waals surface area contributed by atoms with Crippen LogP contribution in [0.5, 0.6) is 0 Å². The zero-order valence-electron chi connectivity index (χ0n) is 10.8. The largest absolute Gasteiger partial charge is 0.271 e. The second kappa shape index (κ2) is 6.01. The van der Waals surface area contributed by atoms with Crippen LogP contribution in [0.4, 0.5) is 0 Å². The van der Waals surface area contributed by atoms with Gasteiger partial charge in [0.1, 0.15) is 0 Å². The molecule has 92 valence electrons. The predicted molar refractivity (Wildman–Crippen MR) is 66.9 cm³/mol. The van der Waals surface area contributed by atoms with Gasteiger partial charge in [0.05, 0.1) is 5.69 Å². The third kappa shape index (κ3) is 3.94. The number of rotatable bonds is 6. The first-order valence-corrected chi connectivity index (χ1v) is 6.03. The highest BCUT2D eigenvalue weighted by atomic mass is 15.3. The van der Waals surface area contributed by atoms with Gasteiger partial charge in [0, 0.05) is 24.7 Å². The zero-order valence-corrected chi connectivity index (χ0v) is 10.8. The lowest BCUT2D eigenvalue weighted by Crippen LogP contribution is -2.37. The van der Waals surface area contributed by atoms with Crippen molar-refractivity contribution in [3.8, 4) is 0 Å². The number of hydrazine groups is 1. The van der Waals surface area contributed by atoms with E-state index in [1.165, 1.54) is 0 Å². The summed E-state index contributed by atoms with van der Waals surface area (Å²) in [7, 11) is 0. The molecule has 1 aromatic heterocycles. The van der Waals surface area contributed by atoms with Crippen LogP contribution < -0.4 is 11.3 Å². The maximum Gasteiger partial charge on any atom is 0.0640 e. The van der Waals surface area contributed by atoms with E-state index in [1.54, 1.807) is 0 Å². The molecule has 1 atom stereocenters. The average Bonchev–Trinajstić information content (AvgIpc) is 2.64. The Morgan fingerprint density at radius 1 is 1.38 bits per heavy atom. The second-order valence-electron chi connectivity index (χ2n) is 5.08. The first kappa shape index (κ1) is 13.2. The lowest BCUT2D eigenvalue weighted by molar-refractivity contribution is 0.417. The van der Waals surface area contributed by atoms with Crippen LogP contribution in [0.3, 0.4) is 0 Å². The number of hydrogen-bond donors (Lipinski definition) is 2. The standard InChI is InChI=1S/C12H24N4/c1-9(2)7-12(14-13)8-11-5-6-16(15-11)10(3)4/h5-6,9-10,12,14H,7-8,13H2,1-4H3. The fourth-order valence-electron chi connectivity index (χ4n) is 1.81. The Labute approximate surface area is 98.2 Å². The van der Waals surface area contributed by atoms with Gasteiger partial charge in [0.25, 0.3) is 0 Å². The van der Waals surface area contributed by atoms with Crippen molar-refractivity contribution in [1.29, 1.82) is 0 Å². The molecular formula is C12H24N4. The molecule has 1 unspecified atom stereocenters. The van der Waals surface area contributed by atoms with Crippen LogP contribution in [0, 0.1) is 5.92 Å². The molecule has 0 aliphatic carbocycles. The highest BCUT2D eigenvalue weighted by molar-refractivity contribution is 5.02. The van der Waals surface area contributed by atoms with E-state index in [4.69, 9.17) is 5.84 Å². The fourth-order valence-corrected chi connectivity index (χ4v) is 1.81. The monoisotopic (exact) mass is 224 g/mol. The van der Waals surface area contributed by atoms with E-state index in [1.807, 2.05) is 10.9 Å². The van der Waals surface area contributed by atoms with Crippen LogP contribution >= 0.6 is 0 Å². The van der Waals surface area contributed by atoms with E-state index in [0.29, 0.717) is 18.0 Å². The molecule has 0 saturated heterocycles. The van der Waals surface area contributed by atoms with E-state index < -0.39 is 0 Å². The molecular weight excluding hydrogens is 200 g/mol. The van der Waals surface area contributed by atoms with E-state index in [9.17, 15) is 0 Å². The van der Waals surface area contributed by atoms with Gasteiger partial charge in [-0.15, -0.1) is 0 Å². The summed E-state index contributed by atoms with van der Waals surface area (Å²) in [6.07, 6.45) is 4.00. The summed E-state index contributed by atoms with van der Waals surface area (Å²) < 4.78 is 1.98. The van der Waals surface area contributed by atoms with Crippen LogP contribution in [0.15, 0.2) is 12.3 Å². The summed E-state index contributed by atoms with van der Waals surface area (Å²) in [5.74, 6) is 6.20. The van der Waals surface area contributed by atoms with E-state index in [0.717, 1.165) is 18.5 Å². The van der Waals surface area contributed by atoms with Gasteiger partial charge in [0.15, 0.2) is 0 Å². The third-order valence-electron chi connectivity index (χ3n) is 2.64. The molecule has 0 amide bonds. The number of nitrogens with two attached hydrogens (primary N) is 1. The van der Waals surface area contributed by atoms with Crippen LogP contribution in [0.2, 0.25) is 0 Å². The van der Waals surface area contributed by atoms with Gasteiger partial charge in [-0.2, -0.15) is 5.10 Å². The van der Waals surface area contributed by atoms with Crippen molar-refractivity contribution in [1.82, 2.24) is 15.2 Å². The number of nitrogens with zero attached hydrogens (tertiary/aromatic N) is 2. The van der Waals surface area contributed by atoms with Gasteiger partial charge in [-0.3, -0.25) is 16.0 Å². The summed E-state index contributed by atoms with van der Waals surface area (Å²) in [5, 5.41) is 4.53. The number of hydrogen-bond acceptors (Lipinski definition) is 3. The molecule has 0 aromatic carbocycles. The Bertz CT molecular complexity index is 304. The summed E-state index contributed by atoms with van der Waals surface area (Å²) in [6.45, 7) is 8.67. The minimum Gasteiger partial charge on any atom is -0.271 e. The van der Waals surface area contributed by atoms with Crippen molar-refractivity contribution in [2.24, 2.45) is 11.8 Å². The van der Waals surface area contributed by atoms with Gasteiger partial charge in [-0.05, 0) is 32.3 Å². The Morgan fingerprint density at radius 3 is 2.50 bits per heavy atom. The molecule has 4 heteroatoms. The second-order valence-corrected chi connectivity index (χ2v) is 5.08. The zero-order chi connectivity index (χ0) is 12.1. The fraction of sp³-hybridized carbons (Fsp3) is 0.750. The van der Waals surface area contributed by atoms with Crippen molar-refractivity contribution < 1.29 is 0 Å². The molecule has 1 aromatic rings. The third-order valence-corrected chi connectivity index (χ3v) is 2.64. The highest BCUT2D eigenvalue weighted by Gasteiger charge is 2.12. The molecule has 0 saturated carbocycles. The van der Waals surface area contributed by atoms with E-state index in [2.05, 4.69) is 44.3 Å². The number of nitrogens with one attached hydrogen (secondary N) is 1.